The zero-order valence-electron chi connectivity index (χ0n) is 11.9. The van der Waals surface area contributed by atoms with Crippen LogP contribution in [0.5, 0.6) is 0 Å². The number of aliphatic imine (C=N–C) groups is 1. The number of aryl methyl sites for hydroxylation is 1. The standard InChI is InChI=1S/C14H24N4S/c1-12(2)13-5-10-19-14(17-13)16-6-3-4-8-18-9-7-15-11-18/h7,9,11-13H,3-6,8,10H2,1-2H3,(H,16,17). The molecular weight excluding hydrogens is 256 g/mol. The minimum Gasteiger partial charge on any atom is -0.362 e. The van der Waals surface area contributed by atoms with E-state index < -0.39 is 0 Å². The number of unbranched alkanes of at least 4 members (excludes halogenated alkanes) is 1. The first-order valence-electron chi connectivity index (χ1n) is 7.15. The van der Waals surface area contributed by atoms with E-state index in [0.29, 0.717) is 12.0 Å². The van der Waals surface area contributed by atoms with Gasteiger partial charge in [0.15, 0.2) is 5.17 Å². The molecule has 0 aromatic carbocycles. The first kappa shape index (κ1) is 14.4. The molecule has 1 fully saturated rings. The molecule has 1 aromatic rings. The van der Waals surface area contributed by atoms with Crippen molar-refractivity contribution in [3.8, 4) is 0 Å². The Kier molecular flexibility index (Phi) is 5.76. The third-order valence-corrected chi connectivity index (χ3v) is 4.38. The van der Waals surface area contributed by atoms with Crippen LogP contribution in [0.4, 0.5) is 0 Å². The van der Waals surface area contributed by atoms with Gasteiger partial charge in [-0.15, -0.1) is 0 Å². The average Bonchev–Trinajstić information content (AvgIpc) is 2.92. The number of thioether (sulfide) groups is 1. The molecule has 0 bridgehead atoms. The molecule has 0 radical (unpaired) electrons. The van der Waals surface area contributed by atoms with Crippen LogP contribution >= 0.6 is 11.8 Å². The summed E-state index contributed by atoms with van der Waals surface area (Å²) in [6.45, 7) is 6.52. The Labute approximate surface area is 120 Å². The van der Waals surface area contributed by atoms with Crippen molar-refractivity contribution in [1.82, 2.24) is 14.9 Å². The lowest BCUT2D eigenvalue weighted by Gasteiger charge is -2.28. The molecule has 0 amide bonds. The Morgan fingerprint density at radius 3 is 3.16 bits per heavy atom. The highest BCUT2D eigenvalue weighted by atomic mass is 32.2. The highest BCUT2D eigenvalue weighted by Crippen LogP contribution is 2.18. The Morgan fingerprint density at radius 1 is 1.53 bits per heavy atom. The Morgan fingerprint density at radius 2 is 2.42 bits per heavy atom. The molecule has 4 nitrogen and oxygen atoms in total. The molecule has 2 rings (SSSR count). The van der Waals surface area contributed by atoms with Gasteiger partial charge < -0.3 is 9.88 Å². The third kappa shape index (κ3) is 4.90. The second-order valence-electron chi connectivity index (χ2n) is 5.33. The van der Waals surface area contributed by atoms with E-state index in [1.54, 1.807) is 0 Å². The van der Waals surface area contributed by atoms with E-state index in [9.17, 15) is 0 Å². The molecule has 5 heteroatoms. The number of amidine groups is 1. The number of hydrogen-bond acceptors (Lipinski definition) is 3. The van der Waals surface area contributed by atoms with Crippen LogP contribution in [0.3, 0.4) is 0 Å². The van der Waals surface area contributed by atoms with Gasteiger partial charge in [-0.05, 0) is 25.2 Å². The number of nitrogens with one attached hydrogen (secondary N) is 1. The number of aromatic nitrogens is 2. The van der Waals surface area contributed by atoms with Crippen LogP contribution in [0.2, 0.25) is 0 Å². The fraction of sp³-hybridized carbons (Fsp3) is 0.714. The Hall–Kier alpha value is -0.970. The predicted molar refractivity (Wildman–Crippen MR) is 82.6 cm³/mol. The van der Waals surface area contributed by atoms with Gasteiger partial charge in [-0.1, -0.05) is 25.6 Å². The molecule has 1 unspecified atom stereocenters. The second-order valence-corrected chi connectivity index (χ2v) is 6.41. The van der Waals surface area contributed by atoms with Crippen molar-refractivity contribution in [2.45, 2.75) is 45.7 Å². The topological polar surface area (TPSA) is 42.2 Å². The van der Waals surface area contributed by atoms with E-state index in [2.05, 4.69) is 33.7 Å². The molecule has 1 aliphatic rings. The van der Waals surface area contributed by atoms with E-state index >= 15 is 0 Å². The maximum absolute atomic E-state index is 4.68. The predicted octanol–water partition coefficient (Wildman–Crippen LogP) is 2.77. The fourth-order valence-electron chi connectivity index (χ4n) is 2.15. The molecule has 0 aliphatic carbocycles. The van der Waals surface area contributed by atoms with Gasteiger partial charge in [0.05, 0.1) is 6.33 Å². The van der Waals surface area contributed by atoms with Gasteiger partial charge in [0.25, 0.3) is 0 Å². The number of imidazole rings is 1. The Balaban J connectivity index is 1.64. The third-order valence-electron chi connectivity index (χ3n) is 3.42. The zero-order valence-corrected chi connectivity index (χ0v) is 12.7. The van der Waals surface area contributed by atoms with Crippen LogP contribution in [-0.4, -0.2) is 33.1 Å². The molecular formula is C14H24N4S. The van der Waals surface area contributed by atoms with Crippen molar-refractivity contribution in [3.63, 3.8) is 0 Å². The quantitative estimate of drug-likeness (QED) is 0.815. The highest BCUT2D eigenvalue weighted by molar-refractivity contribution is 8.13. The van der Waals surface area contributed by atoms with Crippen molar-refractivity contribution < 1.29 is 0 Å². The molecule has 1 aliphatic heterocycles. The summed E-state index contributed by atoms with van der Waals surface area (Å²) in [7, 11) is 0. The summed E-state index contributed by atoms with van der Waals surface area (Å²) < 4.78 is 2.12. The van der Waals surface area contributed by atoms with Crippen molar-refractivity contribution in [1.29, 1.82) is 0 Å². The summed E-state index contributed by atoms with van der Waals surface area (Å²) in [5, 5.41) is 4.70. The van der Waals surface area contributed by atoms with Gasteiger partial charge in [0.2, 0.25) is 0 Å². The maximum Gasteiger partial charge on any atom is 0.156 e. The molecule has 0 saturated carbocycles. The van der Waals surface area contributed by atoms with Crippen molar-refractivity contribution >= 4 is 16.9 Å². The molecule has 19 heavy (non-hydrogen) atoms. The average molecular weight is 280 g/mol. The first-order valence-corrected chi connectivity index (χ1v) is 8.14. The van der Waals surface area contributed by atoms with E-state index in [1.165, 1.54) is 12.2 Å². The monoisotopic (exact) mass is 280 g/mol. The van der Waals surface area contributed by atoms with Gasteiger partial charge in [0, 0.05) is 37.3 Å². The largest absolute Gasteiger partial charge is 0.362 e. The molecule has 1 atom stereocenters. The minimum atomic E-state index is 0.603. The normalized spacial score (nSPS) is 21.8. The van der Waals surface area contributed by atoms with Gasteiger partial charge in [-0.3, -0.25) is 4.99 Å². The lowest BCUT2D eigenvalue weighted by molar-refractivity contribution is 0.442. The van der Waals surface area contributed by atoms with Gasteiger partial charge in [-0.25, -0.2) is 4.98 Å². The zero-order chi connectivity index (χ0) is 13.5. The number of hydrogen-bond donors (Lipinski definition) is 1. The van der Waals surface area contributed by atoms with Crippen molar-refractivity contribution in [3.05, 3.63) is 18.7 Å². The highest BCUT2D eigenvalue weighted by Gasteiger charge is 2.19. The SMILES string of the molecule is CC(C)C1CCSC(=NCCCCn2ccnc2)N1. The molecule has 0 spiro atoms. The maximum atomic E-state index is 4.68. The smallest absolute Gasteiger partial charge is 0.156 e. The lowest BCUT2D eigenvalue weighted by Crippen LogP contribution is -2.41. The molecule has 1 N–H and O–H groups in total. The minimum absolute atomic E-state index is 0.603. The van der Waals surface area contributed by atoms with Crippen molar-refractivity contribution in [2.24, 2.45) is 10.9 Å². The van der Waals surface area contributed by atoms with Crippen LogP contribution in [0.15, 0.2) is 23.7 Å². The lowest BCUT2D eigenvalue weighted by atomic mass is 10.0. The number of nitrogens with zero attached hydrogens (tertiary/aromatic N) is 3. The molecule has 1 aromatic heterocycles. The van der Waals surface area contributed by atoms with E-state index in [-0.39, 0.29) is 0 Å². The fourth-order valence-corrected chi connectivity index (χ4v) is 3.13. The molecule has 106 valence electrons. The van der Waals surface area contributed by atoms with E-state index in [4.69, 9.17) is 0 Å². The van der Waals surface area contributed by atoms with Crippen LogP contribution in [-0.2, 0) is 6.54 Å². The van der Waals surface area contributed by atoms with E-state index in [1.807, 2.05) is 30.5 Å². The van der Waals surface area contributed by atoms with E-state index in [0.717, 1.165) is 31.1 Å². The summed E-state index contributed by atoms with van der Waals surface area (Å²) in [5.41, 5.74) is 0. The van der Waals surface area contributed by atoms with Crippen LogP contribution in [0, 0.1) is 5.92 Å². The van der Waals surface area contributed by atoms with Crippen LogP contribution in [0.25, 0.3) is 0 Å². The number of rotatable bonds is 6. The van der Waals surface area contributed by atoms with Gasteiger partial charge >= 0.3 is 0 Å². The first-order chi connectivity index (χ1) is 9.25. The second kappa shape index (κ2) is 7.58. The Bertz CT molecular complexity index is 386. The van der Waals surface area contributed by atoms with Crippen LogP contribution in [0.1, 0.15) is 33.1 Å². The summed E-state index contributed by atoms with van der Waals surface area (Å²) in [6.07, 6.45) is 9.26. The molecule has 2 heterocycles. The summed E-state index contributed by atoms with van der Waals surface area (Å²) >= 11 is 1.86. The van der Waals surface area contributed by atoms with Crippen LogP contribution < -0.4 is 5.32 Å². The summed E-state index contributed by atoms with van der Waals surface area (Å²) in [5.74, 6) is 1.89. The van der Waals surface area contributed by atoms with Gasteiger partial charge in [-0.2, -0.15) is 0 Å². The van der Waals surface area contributed by atoms with Crippen molar-refractivity contribution in [2.75, 3.05) is 12.3 Å². The summed E-state index contributed by atoms with van der Waals surface area (Å²) in [6, 6.07) is 0.603. The summed E-state index contributed by atoms with van der Waals surface area (Å²) in [4.78, 5) is 8.72. The van der Waals surface area contributed by atoms with Gasteiger partial charge in [0.1, 0.15) is 0 Å². The molecule has 1 saturated heterocycles.